The summed E-state index contributed by atoms with van der Waals surface area (Å²) in [6.45, 7) is 2.67. The lowest BCUT2D eigenvalue weighted by Crippen LogP contribution is -2.52. The number of aromatic nitrogens is 2. The molecule has 1 aromatic carbocycles. The Kier molecular flexibility index (Phi) is 6.77. The van der Waals surface area contributed by atoms with Gasteiger partial charge in [0.25, 0.3) is 5.69 Å². The Morgan fingerprint density at radius 2 is 1.70 bits per heavy atom. The van der Waals surface area contributed by atoms with E-state index in [0.29, 0.717) is 45.0 Å². The maximum atomic E-state index is 13.0. The standard InChI is InChI=1S/C20H23ClN6O5S/c21-17-3-2-16(27(29)30)14-18(17)33(31,32)26-8-4-15(5-9-26)19(28)24-10-12-25(13-11-24)20-22-6-1-7-23-20/h1-3,6-7,14-15H,4-5,8-13H2. The van der Waals surface area contributed by atoms with Gasteiger partial charge in [0.1, 0.15) is 4.90 Å². The van der Waals surface area contributed by atoms with Crippen molar-refractivity contribution < 1.29 is 18.1 Å². The van der Waals surface area contributed by atoms with Gasteiger partial charge in [-0.1, -0.05) is 11.6 Å². The zero-order valence-electron chi connectivity index (χ0n) is 17.7. The van der Waals surface area contributed by atoms with Crippen molar-refractivity contribution in [3.8, 4) is 0 Å². The van der Waals surface area contributed by atoms with Crippen molar-refractivity contribution in [3.63, 3.8) is 0 Å². The van der Waals surface area contributed by atoms with E-state index in [0.717, 1.165) is 12.1 Å². The first-order valence-corrected chi connectivity index (χ1v) is 12.3. The molecule has 0 N–H and O–H groups in total. The number of benzene rings is 1. The number of piperazine rings is 1. The Labute approximate surface area is 196 Å². The lowest BCUT2D eigenvalue weighted by atomic mass is 9.96. The molecule has 0 saturated carbocycles. The highest BCUT2D eigenvalue weighted by Crippen LogP contribution is 2.31. The molecule has 1 amide bonds. The van der Waals surface area contributed by atoms with Crippen LogP contribution in [0.3, 0.4) is 0 Å². The topological polar surface area (TPSA) is 130 Å². The number of amides is 1. The molecular weight excluding hydrogens is 472 g/mol. The Hall–Kier alpha value is -2.83. The fourth-order valence-electron chi connectivity index (χ4n) is 4.13. The third-order valence-corrected chi connectivity index (χ3v) is 8.35. The lowest BCUT2D eigenvalue weighted by molar-refractivity contribution is -0.385. The molecule has 13 heteroatoms. The van der Waals surface area contributed by atoms with Crippen LogP contribution in [-0.2, 0) is 14.8 Å². The molecule has 0 atom stereocenters. The molecule has 3 heterocycles. The molecule has 2 fully saturated rings. The summed E-state index contributed by atoms with van der Waals surface area (Å²) in [5, 5.41) is 11.0. The number of sulfonamides is 1. The zero-order chi connectivity index (χ0) is 23.6. The summed E-state index contributed by atoms with van der Waals surface area (Å²) >= 11 is 6.04. The van der Waals surface area contributed by atoms with E-state index in [-0.39, 0.29) is 40.5 Å². The second kappa shape index (κ2) is 9.57. The highest BCUT2D eigenvalue weighted by Gasteiger charge is 2.36. The van der Waals surface area contributed by atoms with Crippen LogP contribution in [0.25, 0.3) is 0 Å². The Bertz CT molecular complexity index is 1130. The van der Waals surface area contributed by atoms with E-state index in [2.05, 4.69) is 9.97 Å². The van der Waals surface area contributed by atoms with Crippen LogP contribution in [-0.4, -0.2) is 77.7 Å². The van der Waals surface area contributed by atoms with E-state index in [9.17, 15) is 23.3 Å². The molecule has 4 rings (SSSR count). The smallest absolute Gasteiger partial charge is 0.270 e. The Morgan fingerprint density at radius 3 is 2.30 bits per heavy atom. The number of non-ortho nitro benzene ring substituents is 1. The van der Waals surface area contributed by atoms with Crippen molar-refractivity contribution in [2.75, 3.05) is 44.2 Å². The van der Waals surface area contributed by atoms with Crippen LogP contribution in [0.15, 0.2) is 41.6 Å². The van der Waals surface area contributed by atoms with Crippen molar-refractivity contribution in [2.24, 2.45) is 5.92 Å². The van der Waals surface area contributed by atoms with Crippen LogP contribution < -0.4 is 4.90 Å². The second-order valence-corrected chi connectivity index (χ2v) is 10.2. The first-order chi connectivity index (χ1) is 15.8. The third kappa shape index (κ3) is 4.92. The fourth-order valence-corrected chi connectivity index (χ4v) is 6.09. The molecule has 0 radical (unpaired) electrons. The van der Waals surface area contributed by atoms with Gasteiger partial charge in [0.15, 0.2) is 0 Å². The van der Waals surface area contributed by atoms with Gasteiger partial charge in [-0.2, -0.15) is 4.31 Å². The molecule has 2 aromatic rings. The van der Waals surface area contributed by atoms with E-state index < -0.39 is 14.9 Å². The van der Waals surface area contributed by atoms with E-state index in [1.54, 1.807) is 18.5 Å². The van der Waals surface area contributed by atoms with Gasteiger partial charge in [-0.25, -0.2) is 18.4 Å². The van der Waals surface area contributed by atoms with Crippen LogP contribution in [0.1, 0.15) is 12.8 Å². The number of piperidine rings is 1. The molecule has 0 spiro atoms. The molecule has 11 nitrogen and oxygen atoms in total. The lowest BCUT2D eigenvalue weighted by Gasteiger charge is -2.38. The largest absolute Gasteiger partial charge is 0.339 e. The molecule has 2 aliphatic rings. The number of nitrogens with zero attached hydrogens (tertiary/aromatic N) is 6. The van der Waals surface area contributed by atoms with Gasteiger partial charge in [-0.3, -0.25) is 14.9 Å². The first kappa shape index (κ1) is 23.3. The fraction of sp³-hybridized carbons (Fsp3) is 0.450. The van der Waals surface area contributed by atoms with E-state index in [1.165, 1.54) is 10.4 Å². The highest BCUT2D eigenvalue weighted by molar-refractivity contribution is 7.89. The van der Waals surface area contributed by atoms with Crippen molar-refractivity contribution >= 4 is 39.2 Å². The second-order valence-electron chi connectivity index (χ2n) is 7.91. The number of rotatable bonds is 5. The van der Waals surface area contributed by atoms with Crippen molar-refractivity contribution in [2.45, 2.75) is 17.7 Å². The Balaban J connectivity index is 1.36. The molecule has 0 bridgehead atoms. The van der Waals surface area contributed by atoms with Gasteiger partial charge in [-0.15, -0.1) is 0 Å². The van der Waals surface area contributed by atoms with Crippen molar-refractivity contribution in [1.29, 1.82) is 0 Å². The summed E-state index contributed by atoms with van der Waals surface area (Å²) in [5.74, 6) is 0.397. The molecular formula is C20H23ClN6O5S. The van der Waals surface area contributed by atoms with Gasteiger partial charge >= 0.3 is 0 Å². The normalized spacial score (nSPS) is 18.3. The molecule has 0 unspecified atom stereocenters. The minimum atomic E-state index is -4.01. The number of hydrogen-bond donors (Lipinski definition) is 0. The molecule has 1 aromatic heterocycles. The van der Waals surface area contributed by atoms with Gasteiger partial charge in [0.2, 0.25) is 21.9 Å². The van der Waals surface area contributed by atoms with Crippen molar-refractivity contribution in [3.05, 3.63) is 51.8 Å². The summed E-state index contributed by atoms with van der Waals surface area (Å²) in [4.78, 5) is 35.4. The van der Waals surface area contributed by atoms with Gasteiger partial charge < -0.3 is 9.80 Å². The number of nitro benzene ring substituents is 1. The predicted octanol–water partition coefficient (Wildman–Crippen LogP) is 1.79. The summed E-state index contributed by atoms with van der Waals surface area (Å²) < 4.78 is 27.3. The number of nitro groups is 1. The van der Waals surface area contributed by atoms with Crippen LogP contribution in [0.4, 0.5) is 11.6 Å². The summed E-state index contributed by atoms with van der Waals surface area (Å²) in [7, 11) is -4.01. The van der Waals surface area contributed by atoms with Gasteiger partial charge in [-0.05, 0) is 25.0 Å². The number of halogens is 1. The average molecular weight is 495 g/mol. The van der Waals surface area contributed by atoms with Gasteiger partial charge in [0, 0.05) is 69.7 Å². The number of carbonyl (C=O) groups excluding carboxylic acids is 1. The third-order valence-electron chi connectivity index (χ3n) is 5.97. The summed E-state index contributed by atoms with van der Waals surface area (Å²) in [6.07, 6.45) is 4.13. The Morgan fingerprint density at radius 1 is 1.06 bits per heavy atom. The summed E-state index contributed by atoms with van der Waals surface area (Å²) in [5.41, 5.74) is -0.344. The van der Waals surface area contributed by atoms with Crippen LogP contribution >= 0.6 is 11.6 Å². The number of anilines is 1. The molecule has 2 saturated heterocycles. The molecule has 33 heavy (non-hydrogen) atoms. The zero-order valence-corrected chi connectivity index (χ0v) is 19.3. The molecule has 176 valence electrons. The van der Waals surface area contributed by atoms with Crippen LogP contribution in [0.2, 0.25) is 5.02 Å². The quantitative estimate of drug-likeness (QED) is 0.454. The summed E-state index contributed by atoms with van der Waals surface area (Å²) in [6, 6.07) is 5.10. The molecule has 0 aliphatic carbocycles. The number of carbonyl (C=O) groups is 1. The first-order valence-electron chi connectivity index (χ1n) is 10.5. The van der Waals surface area contributed by atoms with E-state index in [1.807, 2.05) is 9.80 Å². The van der Waals surface area contributed by atoms with E-state index in [4.69, 9.17) is 11.6 Å². The molecule has 2 aliphatic heterocycles. The van der Waals surface area contributed by atoms with Crippen molar-refractivity contribution in [1.82, 2.24) is 19.2 Å². The minimum absolute atomic E-state index is 0.0223. The maximum absolute atomic E-state index is 13.0. The number of hydrogen-bond acceptors (Lipinski definition) is 8. The SMILES string of the molecule is O=C(C1CCN(S(=O)(=O)c2cc([N+](=O)[O-])ccc2Cl)CC1)N1CCN(c2ncccn2)CC1. The predicted molar refractivity (Wildman–Crippen MR) is 120 cm³/mol. The van der Waals surface area contributed by atoms with Crippen LogP contribution in [0, 0.1) is 16.0 Å². The van der Waals surface area contributed by atoms with Crippen LogP contribution in [0.5, 0.6) is 0 Å². The highest BCUT2D eigenvalue weighted by atomic mass is 35.5. The van der Waals surface area contributed by atoms with E-state index >= 15 is 0 Å². The minimum Gasteiger partial charge on any atom is -0.339 e. The average Bonchev–Trinajstić information content (AvgIpc) is 2.84. The van der Waals surface area contributed by atoms with Gasteiger partial charge in [0.05, 0.1) is 9.95 Å². The monoisotopic (exact) mass is 494 g/mol. The maximum Gasteiger partial charge on any atom is 0.270 e.